The Hall–Kier alpha value is -2.81. The van der Waals surface area contributed by atoms with Gasteiger partial charge in [0.25, 0.3) is 11.8 Å². The zero-order valence-corrected chi connectivity index (χ0v) is 19.4. The molecule has 0 aromatic carbocycles. The van der Waals surface area contributed by atoms with Crippen LogP contribution in [0, 0.1) is 0 Å². The highest BCUT2D eigenvalue weighted by atomic mass is 16.7. The molecule has 0 radical (unpaired) electrons. The number of methoxy groups -OCH3 is 2. The second-order valence-corrected chi connectivity index (χ2v) is 6.79. The maximum absolute atomic E-state index is 12.1. The Morgan fingerprint density at radius 2 is 1.47 bits per heavy atom. The molecule has 0 saturated carbocycles. The molecule has 0 spiro atoms. The number of nitrogens with zero attached hydrogens (tertiary/aromatic N) is 1. The number of rotatable bonds is 18. The van der Waals surface area contributed by atoms with Crippen LogP contribution in [-0.4, -0.2) is 102 Å². The highest BCUT2D eigenvalue weighted by Crippen LogP contribution is 2.14. The predicted octanol–water partition coefficient (Wildman–Crippen LogP) is -0.315. The summed E-state index contributed by atoms with van der Waals surface area (Å²) in [7, 11) is 3.02. The van der Waals surface area contributed by atoms with Gasteiger partial charge in [-0.15, -0.1) is 5.06 Å². The van der Waals surface area contributed by atoms with E-state index in [1.807, 2.05) is 0 Å². The van der Waals surface area contributed by atoms with E-state index in [1.54, 1.807) is 0 Å². The molecule has 1 fully saturated rings. The molecule has 0 bridgehead atoms. The molecule has 0 aromatic rings. The average Bonchev–Trinajstić information content (AvgIpc) is 3.11. The van der Waals surface area contributed by atoms with Crippen molar-refractivity contribution in [3.8, 4) is 0 Å². The van der Waals surface area contributed by atoms with E-state index in [2.05, 4.69) is 5.32 Å². The van der Waals surface area contributed by atoms with Crippen LogP contribution in [0.3, 0.4) is 0 Å². The zero-order chi connectivity index (χ0) is 25.2. The van der Waals surface area contributed by atoms with E-state index in [0.29, 0.717) is 24.7 Å². The monoisotopic (exact) mass is 492 g/mol. The number of nitrogens with one attached hydrogen (secondary N) is 1. The first-order chi connectivity index (χ1) is 16.4. The van der Waals surface area contributed by atoms with Crippen LogP contribution in [-0.2, 0) is 52.4 Å². The number of amides is 3. The van der Waals surface area contributed by atoms with Crippen molar-refractivity contribution in [2.24, 2.45) is 0 Å². The molecule has 34 heavy (non-hydrogen) atoms. The quantitative estimate of drug-likeness (QED) is 0.115. The number of hydrogen-bond acceptors (Lipinski definition) is 12. The topological polar surface area (TPSA) is 165 Å². The third-order valence-electron chi connectivity index (χ3n) is 4.11. The smallest absolute Gasteiger partial charge is 0.407 e. The van der Waals surface area contributed by atoms with Gasteiger partial charge in [-0.1, -0.05) is 0 Å². The van der Waals surface area contributed by atoms with E-state index in [1.165, 1.54) is 14.2 Å². The Morgan fingerprint density at radius 3 is 2.09 bits per heavy atom. The van der Waals surface area contributed by atoms with E-state index < -0.39 is 42.6 Å². The van der Waals surface area contributed by atoms with Crippen molar-refractivity contribution in [2.45, 2.75) is 38.4 Å². The summed E-state index contributed by atoms with van der Waals surface area (Å²) < 4.78 is 30.4. The Morgan fingerprint density at radius 1 is 0.853 bits per heavy atom. The van der Waals surface area contributed by atoms with Gasteiger partial charge < -0.3 is 38.6 Å². The van der Waals surface area contributed by atoms with Crippen LogP contribution in [0.2, 0.25) is 0 Å². The molecule has 1 rings (SSSR count). The van der Waals surface area contributed by atoms with Gasteiger partial charge in [0, 0.05) is 46.6 Å². The van der Waals surface area contributed by atoms with Gasteiger partial charge >= 0.3 is 18.0 Å². The summed E-state index contributed by atoms with van der Waals surface area (Å²) in [6, 6.07) is 0. The number of carbonyl (C=O) groups excluding carboxylic acids is 5. The molecule has 1 unspecified atom stereocenters. The normalized spacial score (nSPS) is 14.1. The van der Waals surface area contributed by atoms with Crippen molar-refractivity contribution in [1.82, 2.24) is 10.4 Å². The molecular formula is C20H32N2O12. The van der Waals surface area contributed by atoms with Crippen LogP contribution < -0.4 is 5.32 Å². The molecule has 14 heteroatoms. The largest absolute Gasteiger partial charge is 0.463 e. The van der Waals surface area contributed by atoms with E-state index in [0.717, 1.165) is 0 Å². The molecular weight excluding hydrogens is 460 g/mol. The van der Waals surface area contributed by atoms with Gasteiger partial charge in [-0.05, 0) is 6.42 Å². The van der Waals surface area contributed by atoms with E-state index in [4.69, 9.17) is 33.3 Å². The van der Waals surface area contributed by atoms with Gasteiger partial charge in [-0.25, -0.2) is 9.59 Å². The van der Waals surface area contributed by atoms with Gasteiger partial charge in [0.15, 0.2) is 6.29 Å². The maximum Gasteiger partial charge on any atom is 0.407 e. The minimum absolute atomic E-state index is 0.0396. The second-order valence-electron chi connectivity index (χ2n) is 6.79. The summed E-state index contributed by atoms with van der Waals surface area (Å²) in [6.45, 7) is 0.544. The van der Waals surface area contributed by atoms with Crippen molar-refractivity contribution >= 4 is 29.8 Å². The summed E-state index contributed by atoms with van der Waals surface area (Å²) in [4.78, 5) is 63.2. The number of alkyl carbamates (subject to hydrolysis) is 1. The molecule has 1 aliphatic heterocycles. The molecule has 1 aliphatic rings. The first-order valence-electron chi connectivity index (χ1n) is 10.7. The third kappa shape index (κ3) is 13.0. The number of carbonyl (C=O) groups is 5. The number of ether oxygens (including phenoxy) is 6. The molecule has 14 nitrogen and oxygen atoms in total. The Balaban J connectivity index is 2.43. The first kappa shape index (κ1) is 29.2. The van der Waals surface area contributed by atoms with Crippen molar-refractivity contribution < 1.29 is 57.2 Å². The summed E-state index contributed by atoms with van der Waals surface area (Å²) in [6.07, 6.45) is -1.71. The minimum Gasteiger partial charge on any atom is -0.463 e. The average molecular weight is 492 g/mol. The summed E-state index contributed by atoms with van der Waals surface area (Å²) in [5.41, 5.74) is 0. The lowest BCUT2D eigenvalue weighted by Gasteiger charge is -2.19. The van der Waals surface area contributed by atoms with E-state index in [9.17, 15) is 24.0 Å². The fraction of sp³-hybridized carbons (Fsp3) is 0.750. The third-order valence-corrected chi connectivity index (χ3v) is 4.11. The van der Waals surface area contributed by atoms with Crippen LogP contribution in [0.5, 0.6) is 0 Å². The van der Waals surface area contributed by atoms with Crippen LogP contribution in [0.1, 0.15) is 32.1 Å². The number of imide groups is 1. The van der Waals surface area contributed by atoms with Gasteiger partial charge in [0.1, 0.15) is 13.2 Å². The highest BCUT2D eigenvalue weighted by molar-refractivity contribution is 6.01. The Kier molecular flexibility index (Phi) is 15.2. The van der Waals surface area contributed by atoms with Crippen LogP contribution >= 0.6 is 0 Å². The second kappa shape index (κ2) is 17.6. The molecule has 194 valence electrons. The maximum atomic E-state index is 12.1. The Bertz CT molecular complexity index is 626. The summed E-state index contributed by atoms with van der Waals surface area (Å²) in [5, 5.41) is 2.86. The van der Waals surface area contributed by atoms with E-state index in [-0.39, 0.29) is 52.2 Å². The number of hydroxylamine groups is 2. The fourth-order valence-corrected chi connectivity index (χ4v) is 2.49. The molecule has 0 aliphatic carbocycles. The van der Waals surface area contributed by atoms with Gasteiger partial charge in [-0.3, -0.25) is 14.4 Å². The van der Waals surface area contributed by atoms with E-state index >= 15 is 0 Å². The van der Waals surface area contributed by atoms with Gasteiger partial charge in [0.05, 0.1) is 26.2 Å². The number of hydrogen-bond donors (Lipinski definition) is 1. The first-order valence-corrected chi connectivity index (χ1v) is 10.7. The molecule has 0 aromatic heterocycles. The predicted molar refractivity (Wildman–Crippen MR) is 111 cm³/mol. The molecule has 1 N–H and O–H groups in total. The van der Waals surface area contributed by atoms with Crippen molar-refractivity contribution in [1.29, 1.82) is 0 Å². The lowest BCUT2D eigenvalue weighted by molar-refractivity contribution is -0.208. The zero-order valence-electron chi connectivity index (χ0n) is 19.4. The lowest BCUT2D eigenvalue weighted by Crippen LogP contribution is -2.34. The molecule has 1 saturated heterocycles. The van der Waals surface area contributed by atoms with Gasteiger partial charge in [-0.2, -0.15) is 0 Å². The van der Waals surface area contributed by atoms with Crippen molar-refractivity contribution in [2.75, 3.05) is 60.4 Å². The lowest BCUT2D eigenvalue weighted by atomic mass is 10.3. The molecule has 1 atom stereocenters. The highest BCUT2D eigenvalue weighted by Gasteiger charge is 2.33. The summed E-state index contributed by atoms with van der Waals surface area (Å²) in [5.74, 6) is -2.62. The standard InChI is InChI=1S/C20H32N2O12/c1-28-8-3-4-17(25)30-10-11-31-19(32-12-13-33-20(27)21-7-9-29-2)14-18(26)34-22-15(23)5-6-16(22)24/h19H,3-14H2,1-2H3,(H,21,27). The van der Waals surface area contributed by atoms with Crippen LogP contribution in [0.25, 0.3) is 0 Å². The van der Waals surface area contributed by atoms with Crippen LogP contribution in [0.15, 0.2) is 0 Å². The van der Waals surface area contributed by atoms with Crippen LogP contribution in [0.4, 0.5) is 4.79 Å². The van der Waals surface area contributed by atoms with Gasteiger partial charge in [0.2, 0.25) is 0 Å². The summed E-state index contributed by atoms with van der Waals surface area (Å²) >= 11 is 0. The fourth-order valence-electron chi connectivity index (χ4n) is 2.49. The van der Waals surface area contributed by atoms with Crippen molar-refractivity contribution in [3.05, 3.63) is 0 Å². The van der Waals surface area contributed by atoms with Crippen molar-refractivity contribution in [3.63, 3.8) is 0 Å². The molecule has 3 amide bonds. The minimum atomic E-state index is -1.17. The number of esters is 1. The Labute approximate surface area is 197 Å². The molecule has 1 heterocycles. The SMILES string of the molecule is COCCCC(=O)OCCOC(CC(=O)ON1C(=O)CCC1=O)OCCOC(=O)NCCOC.